The molecule has 148 valence electrons. The predicted octanol–water partition coefficient (Wildman–Crippen LogP) is 3.81. The van der Waals surface area contributed by atoms with Gasteiger partial charge in [-0.05, 0) is 37.3 Å². The topological polar surface area (TPSA) is 113 Å². The van der Waals surface area contributed by atoms with Crippen molar-refractivity contribution in [1.82, 2.24) is 9.97 Å². The number of fused-ring (bicyclic) bond motifs is 1. The third kappa shape index (κ3) is 4.30. The second-order valence-corrected chi connectivity index (χ2v) is 6.06. The lowest BCUT2D eigenvalue weighted by Crippen LogP contribution is -2.02. The Labute approximate surface area is 167 Å². The Balaban J connectivity index is 1.76. The number of oxime groups is 1. The minimum absolute atomic E-state index is 0.000157. The summed E-state index contributed by atoms with van der Waals surface area (Å²) in [6.45, 7) is 1.48. The zero-order valence-corrected chi connectivity index (χ0v) is 16.3. The monoisotopic (exact) mass is 392 g/mol. The first kappa shape index (κ1) is 19.8. The van der Waals surface area contributed by atoms with Gasteiger partial charge in [0.1, 0.15) is 11.6 Å². The fraction of sp³-hybridized carbons (Fsp3) is 0.190. The van der Waals surface area contributed by atoms with Crippen LogP contribution in [0, 0.1) is 11.3 Å². The molecule has 0 unspecified atom stereocenters. The van der Waals surface area contributed by atoms with Crippen molar-refractivity contribution < 1.29 is 19.4 Å². The number of aliphatic hydroxyl groups is 1. The Kier molecular flexibility index (Phi) is 6.00. The number of imidazole rings is 1. The second-order valence-electron chi connectivity index (χ2n) is 6.06. The van der Waals surface area contributed by atoms with E-state index in [0.29, 0.717) is 22.7 Å². The van der Waals surface area contributed by atoms with Gasteiger partial charge in [0.05, 0.1) is 31.0 Å². The van der Waals surface area contributed by atoms with Crippen molar-refractivity contribution in [2.24, 2.45) is 5.16 Å². The number of ether oxygens (including phenoxy) is 2. The Morgan fingerprint density at radius 3 is 2.62 bits per heavy atom. The van der Waals surface area contributed by atoms with Crippen LogP contribution in [0.1, 0.15) is 18.3 Å². The van der Waals surface area contributed by atoms with Crippen LogP contribution in [0.3, 0.4) is 0 Å². The van der Waals surface area contributed by atoms with Gasteiger partial charge in [0, 0.05) is 5.56 Å². The van der Waals surface area contributed by atoms with Crippen LogP contribution in [0.5, 0.6) is 11.5 Å². The average molecular weight is 392 g/mol. The Morgan fingerprint density at radius 1 is 1.17 bits per heavy atom. The normalized spacial score (nSPS) is 12.3. The third-order valence-electron chi connectivity index (χ3n) is 4.23. The van der Waals surface area contributed by atoms with Gasteiger partial charge in [-0.15, -0.1) is 0 Å². The van der Waals surface area contributed by atoms with Crippen LogP contribution >= 0.6 is 0 Å². The van der Waals surface area contributed by atoms with E-state index in [9.17, 15) is 10.4 Å². The molecule has 1 heterocycles. The Bertz CT molecular complexity index is 1090. The van der Waals surface area contributed by atoms with Crippen LogP contribution in [-0.4, -0.2) is 41.6 Å². The average Bonchev–Trinajstić information content (AvgIpc) is 3.17. The summed E-state index contributed by atoms with van der Waals surface area (Å²) in [5, 5.41) is 23.7. The molecule has 29 heavy (non-hydrogen) atoms. The predicted molar refractivity (Wildman–Crippen MR) is 109 cm³/mol. The molecule has 8 nitrogen and oxygen atoms in total. The first-order chi connectivity index (χ1) is 14.1. The van der Waals surface area contributed by atoms with Crippen molar-refractivity contribution in [3.8, 4) is 17.6 Å². The van der Waals surface area contributed by atoms with E-state index in [4.69, 9.17) is 14.3 Å². The van der Waals surface area contributed by atoms with Crippen molar-refractivity contribution in [2.45, 2.75) is 6.92 Å². The first-order valence-electron chi connectivity index (χ1n) is 8.73. The number of benzene rings is 2. The maximum atomic E-state index is 10.3. The molecule has 0 bridgehead atoms. The zero-order chi connectivity index (χ0) is 20.8. The molecule has 0 saturated carbocycles. The number of nitrogens with zero attached hydrogens (tertiary/aromatic N) is 3. The molecule has 0 atom stereocenters. The molecule has 3 rings (SSSR count). The van der Waals surface area contributed by atoms with Crippen molar-refractivity contribution in [2.75, 3.05) is 20.8 Å². The van der Waals surface area contributed by atoms with Crippen molar-refractivity contribution in [1.29, 1.82) is 5.26 Å². The molecule has 0 aliphatic heterocycles. The summed E-state index contributed by atoms with van der Waals surface area (Å²) >= 11 is 0. The van der Waals surface area contributed by atoms with Gasteiger partial charge in [-0.2, -0.15) is 5.26 Å². The van der Waals surface area contributed by atoms with Crippen LogP contribution in [0.25, 0.3) is 16.6 Å². The molecular formula is C21H20N4O4. The van der Waals surface area contributed by atoms with Crippen molar-refractivity contribution in [3.05, 3.63) is 59.6 Å². The number of rotatable bonds is 7. The number of nitriles is 1. The fourth-order valence-corrected chi connectivity index (χ4v) is 2.70. The lowest BCUT2D eigenvalue weighted by molar-refractivity contribution is 0.137. The van der Waals surface area contributed by atoms with Crippen molar-refractivity contribution in [3.63, 3.8) is 0 Å². The van der Waals surface area contributed by atoms with Gasteiger partial charge >= 0.3 is 0 Å². The van der Waals surface area contributed by atoms with Crippen LogP contribution in [0.4, 0.5) is 0 Å². The summed E-state index contributed by atoms with van der Waals surface area (Å²) in [5.41, 5.74) is 2.81. The van der Waals surface area contributed by atoms with Crippen molar-refractivity contribution >= 4 is 22.3 Å². The molecule has 0 radical (unpaired) electrons. The number of nitrogens with one attached hydrogen (secondary N) is 1. The summed E-state index contributed by atoms with van der Waals surface area (Å²) < 4.78 is 10.5. The van der Waals surface area contributed by atoms with Gasteiger partial charge in [-0.3, -0.25) is 0 Å². The van der Waals surface area contributed by atoms with Crippen LogP contribution < -0.4 is 9.47 Å². The highest BCUT2D eigenvalue weighted by molar-refractivity contribution is 5.98. The molecule has 1 aromatic heterocycles. The van der Waals surface area contributed by atoms with E-state index in [1.54, 1.807) is 33.3 Å². The lowest BCUT2D eigenvalue weighted by atomic mass is 10.1. The summed E-state index contributed by atoms with van der Waals surface area (Å²) in [4.78, 5) is 12.6. The van der Waals surface area contributed by atoms with Gasteiger partial charge in [0.15, 0.2) is 29.7 Å². The van der Waals surface area contributed by atoms with E-state index < -0.39 is 0 Å². The molecule has 2 N–H and O–H groups in total. The minimum atomic E-state index is -0.273. The van der Waals surface area contributed by atoms with Crippen LogP contribution in [0.2, 0.25) is 0 Å². The highest BCUT2D eigenvalue weighted by Gasteiger charge is 2.14. The number of methoxy groups -OCH3 is 2. The molecular weight excluding hydrogens is 372 g/mol. The number of aromatic nitrogens is 2. The summed E-state index contributed by atoms with van der Waals surface area (Å²) in [7, 11) is 3.11. The standard InChI is InChI=1S/C21H20N4O4/c1-13(14-8-9-19(27-2)20(10-14)28-3)25-29-12-18(26)15(11-22)21-23-16-6-4-5-7-17(16)24-21/h4-10,26H,12H2,1-3H3,(H,23,24)/b18-15-,25-13-. The van der Waals surface area contributed by atoms with Gasteiger partial charge in [0.25, 0.3) is 0 Å². The lowest BCUT2D eigenvalue weighted by Gasteiger charge is -2.09. The van der Waals surface area contributed by atoms with Gasteiger partial charge in [-0.1, -0.05) is 17.3 Å². The highest BCUT2D eigenvalue weighted by atomic mass is 16.6. The first-order valence-corrected chi connectivity index (χ1v) is 8.73. The molecule has 3 aromatic rings. The van der Waals surface area contributed by atoms with Crippen LogP contribution in [-0.2, 0) is 4.84 Å². The Hall–Kier alpha value is -3.99. The van der Waals surface area contributed by atoms with Gasteiger partial charge in [0.2, 0.25) is 0 Å². The van der Waals surface area contributed by atoms with E-state index in [1.807, 2.05) is 36.4 Å². The number of hydrogen-bond acceptors (Lipinski definition) is 7. The molecule has 0 amide bonds. The minimum Gasteiger partial charge on any atom is -0.507 e. The zero-order valence-electron chi connectivity index (χ0n) is 16.3. The quantitative estimate of drug-likeness (QED) is 0.274. The summed E-state index contributed by atoms with van der Waals surface area (Å²) in [6, 6.07) is 14.7. The summed E-state index contributed by atoms with van der Waals surface area (Å²) in [6.07, 6.45) is 0. The number of para-hydroxylation sites is 2. The highest BCUT2D eigenvalue weighted by Crippen LogP contribution is 2.27. The second kappa shape index (κ2) is 8.80. The fourth-order valence-electron chi connectivity index (χ4n) is 2.70. The Morgan fingerprint density at radius 2 is 1.93 bits per heavy atom. The molecule has 8 heteroatoms. The van der Waals surface area contributed by atoms with E-state index >= 15 is 0 Å². The van der Waals surface area contributed by atoms with E-state index in [-0.39, 0.29) is 23.8 Å². The van der Waals surface area contributed by atoms with Gasteiger partial charge in [-0.25, -0.2) is 4.98 Å². The van der Waals surface area contributed by atoms with E-state index in [1.165, 1.54) is 0 Å². The van der Waals surface area contributed by atoms with Crippen LogP contribution in [0.15, 0.2) is 53.4 Å². The largest absolute Gasteiger partial charge is 0.507 e. The molecule has 0 saturated heterocycles. The van der Waals surface area contributed by atoms with E-state index in [0.717, 1.165) is 11.1 Å². The molecule has 0 spiro atoms. The SMILES string of the molecule is COc1ccc(/C(C)=N\OC/C(O)=C(\C#N)c2nc3ccccc3[nH]2)cc1OC. The molecule has 0 fully saturated rings. The number of H-pyrrole nitrogens is 1. The summed E-state index contributed by atoms with van der Waals surface area (Å²) in [5.74, 6) is 1.18. The maximum Gasteiger partial charge on any atom is 0.175 e. The number of hydrogen-bond donors (Lipinski definition) is 2. The molecule has 0 aliphatic rings. The number of allylic oxidation sites excluding steroid dienone is 1. The molecule has 2 aromatic carbocycles. The third-order valence-corrected chi connectivity index (χ3v) is 4.23. The number of aliphatic hydroxyl groups excluding tert-OH is 1. The maximum absolute atomic E-state index is 10.3. The smallest absolute Gasteiger partial charge is 0.175 e. The number of aromatic amines is 1. The van der Waals surface area contributed by atoms with Gasteiger partial charge < -0.3 is 24.4 Å². The van der Waals surface area contributed by atoms with E-state index in [2.05, 4.69) is 15.1 Å². The molecule has 0 aliphatic carbocycles.